The lowest BCUT2D eigenvalue weighted by molar-refractivity contribution is 0.590. The minimum absolute atomic E-state index is 0.285. The van der Waals surface area contributed by atoms with Gasteiger partial charge in [0, 0.05) is 20.2 Å². The standard InChI is InChI=1S/C13H10S.3C13H12.C11H16.C10H14.C8H10/c1-9-5-4-7-11-10-6-2-3-8-12(10)14-13(9)11;1-11-7-5-6-10-13(11)12-8-3-2-4-9-12;1-11-6-5-9-13(10-11)12-7-3-2-4-8-12;1-11-7-9-13(10-8-11)12-5-3-2-4-6-12;1-9-5-7-10(8-6-9)11(2,3)4;1-7-5-8(2)10(4)9(3)6-7;1-7-3-5-8(2)6-4-7/h2-8H,1H3;3*2-10H,1H3;5-8H,1-4H3;5-6H,1-4H3;3-6H,1-2H3. The Morgan fingerprint density at radius 2 is 0.646 bits per heavy atom. The van der Waals surface area contributed by atoms with Gasteiger partial charge in [-0.1, -0.05) is 315 Å². The van der Waals surface area contributed by atoms with E-state index in [0.717, 1.165) is 0 Å². The molecule has 11 aromatic carbocycles. The molecule has 0 unspecified atom stereocenters. The van der Waals surface area contributed by atoms with E-state index in [1.54, 1.807) is 0 Å². The Balaban J connectivity index is 0.000000155. The average Bonchev–Trinajstić information content (AvgIpc) is 4.15. The van der Waals surface area contributed by atoms with Gasteiger partial charge in [0.2, 0.25) is 0 Å². The molecule has 0 aliphatic rings. The molecule has 0 saturated carbocycles. The predicted octanol–water partition coefficient (Wildman–Crippen LogP) is 23.9. The van der Waals surface area contributed by atoms with E-state index in [-0.39, 0.29) is 5.41 Å². The summed E-state index contributed by atoms with van der Waals surface area (Å²) in [7, 11) is 0. The summed E-state index contributed by atoms with van der Waals surface area (Å²) in [5.74, 6) is 0. The van der Waals surface area contributed by atoms with Crippen molar-refractivity contribution in [3.63, 3.8) is 0 Å². The van der Waals surface area contributed by atoms with Gasteiger partial charge < -0.3 is 0 Å². The van der Waals surface area contributed by atoms with Crippen molar-refractivity contribution < 1.29 is 0 Å². The van der Waals surface area contributed by atoms with Gasteiger partial charge >= 0.3 is 0 Å². The second-order valence-electron chi connectivity index (χ2n) is 22.5. The molecule has 0 fully saturated rings. The van der Waals surface area contributed by atoms with Gasteiger partial charge in [-0.2, -0.15) is 0 Å². The van der Waals surface area contributed by atoms with Crippen molar-refractivity contribution in [3.05, 3.63) is 334 Å². The quantitative estimate of drug-likeness (QED) is 0.165. The molecule has 0 aliphatic carbocycles. The molecule has 1 heteroatoms. The monoisotopic (exact) mass is 1090 g/mol. The minimum atomic E-state index is 0.285. The molecule has 0 atom stereocenters. The van der Waals surface area contributed by atoms with Crippen LogP contribution in [0.15, 0.2) is 267 Å². The summed E-state index contributed by atoms with van der Waals surface area (Å²) >= 11 is 1.89. The molecule has 1 aromatic heterocycles. The van der Waals surface area contributed by atoms with Crippen molar-refractivity contribution in [1.29, 1.82) is 0 Å². The number of thiophene rings is 1. The minimum Gasteiger partial charge on any atom is -0.135 e. The first-order chi connectivity index (χ1) is 39.4. The van der Waals surface area contributed by atoms with Gasteiger partial charge in [0.05, 0.1) is 0 Å². The zero-order valence-electron chi connectivity index (χ0n) is 51.3. The van der Waals surface area contributed by atoms with Crippen molar-refractivity contribution in [2.45, 2.75) is 102 Å². The summed E-state index contributed by atoms with van der Waals surface area (Å²) in [5, 5.41) is 2.78. The molecule has 0 radical (unpaired) electrons. The molecule has 1 heterocycles. The number of rotatable bonds is 3. The molecule has 0 bridgehead atoms. The summed E-state index contributed by atoms with van der Waals surface area (Å²) < 4.78 is 2.81. The Kier molecular flexibility index (Phi) is 24.2. The summed E-state index contributed by atoms with van der Waals surface area (Å²) in [4.78, 5) is 0. The molecule has 0 nitrogen and oxygen atoms in total. The molecule has 416 valence electrons. The second-order valence-corrected chi connectivity index (χ2v) is 23.5. The van der Waals surface area contributed by atoms with Crippen LogP contribution < -0.4 is 0 Å². The average molecular weight is 1090 g/mol. The lowest BCUT2D eigenvalue weighted by Gasteiger charge is -2.18. The van der Waals surface area contributed by atoms with Gasteiger partial charge in [0.25, 0.3) is 0 Å². The zero-order chi connectivity index (χ0) is 59.0. The van der Waals surface area contributed by atoms with Crippen LogP contribution >= 0.6 is 11.3 Å². The normalized spacial score (nSPS) is 10.3. The van der Waals surface area contributed by atoms with E-state index in [9.17, 15) is 0 Å². The molecular formula is C81H86S. The number of hydrogen-bond acceptors (Lipinski definition) is 1. The van der Waals surface area contributed by atoms with Crippen LogP contribution in [0.1, 0.15) is 87.5 Å². The van der Waals surface area contributed by atoms with Gasteiger partial charge in [-0.25, -0.2) is 0 Å². The highest BCUT2D eigenvalue weighted by Gasteiger charge is 2.12. The third-order valence-electron chi connectivity index (χ3n) is 14.3. The smallest absolute Gasteiger partial charge is 0.0384 e. The third-order valence-corrected chi connectivity index (χ3v) is 15.6. The maximum atomic E-state index is 2.23. The van der Waals surface area contributed by atoms with E-state index in [0.29, 0.717) is 0 Å². The fourth-order valence-corrected chi connectivity index (χ4v) is 10.3. The largest absolute Gasteiger partial charge is 0.135 e. The van der Waals surface area contributed by atoms with E-state index in [1.807, 2.05) is 29.5 Å². The van der Waals surface area contributed by atoms with E-state index in [1.165, 1.54) is 120 Å². The Morgan fingerprint density at radius 3 is 1.16 bits per heavy atom. The maximum absolute atomic E-state index is 2.23. The highest BCUT2D eigenvalue weighted by molar-refractivity contribution is 7.26. The second kappa shape index (κ2) is 31.6. The lowest BCUT2D eigenvalue weighted by atomic mass is 9.87. The van der Waals surface area contributed by atoms with E-state index >= 15 is 0 Å². The Morgan fingerprint density at radius 1 is 0.256 bits per heavy atom. The molecule has 82 heavy (non-hydrogen) atoms. The maximum Gasteiger partial charge on any atom is 0.0384 e. The van der Waals surface area contributed by atoms with Crippen molar-refractivity contribution in [2.24, 2.45) is 0 Å². The molecule has 0 aliphatic heterocycles. The van der Waals surface area contributed by atoms with Gasteiger partial charge in [-0.3, -0.25) is 0 Å². The van der Waals surface area contributed by atoms with Crippen LogP contribution in [0.4, 0.5) is 0 Å². The SMILES string of the molecule is Cc1cc(C)c(C)c(C)c1.Cc1ccc(-c2ccccc2)cc1.Cc1ccc(C(C)(C)C)cc1.Cc1ccc(C)cc1.Cc1cccc(-c2ccccc2)c1.Cc1cccc2c1sc1ccccc12.Cc1ccccc1-c1ccccc1. The summed E-state index contributed by atoms with van der Waals surface area (Å²) in [6.45, 7) is 30.2. The fourth-order valence-electron chi connectivity index (χ4n) is 9.18. The third kappa shape index (κ3) is 20.0. The first-order valence-corrected chi connectivity index (χ1v) is 29.5. The van der Waals surface area contributed by atoms with Crippen LogP contribution in [0.25, 0.3) is 53.6 Å². The summed E-state index contributed by atoms with van der Waals surface area (Å²) in [6, 6.07) is 93.7. The molecular weight excluding hydrogens is 1000 g/mol. The van der Waals surface area contributed by atoms with Crippen molar-refractivity contribution in [1.82, 2.24) is 0 Å². The van der Waals surface area contributed by atoms with Crippen LogP contribution in [0.2, 0.25) is 0 Å². The Bertz CT molecular complexity index is 3740. The Labute approximate surface area is 497 Å². The number of hydrogen-bond donors (Lipinski definition) is 0. The van der Waals surface area contributed by atoms with Crippen molar-refractivity contribution >= 4 is 31.5 Å². The fraction of sp³-hybridized carbons (Fsp3) is 0.185. The first-order valence-electron chi connectivity index (χ1n) is 28.7. The number of benzene rings is 11. The highest BCUT2D eigenvalue weighted by Crippen LogP contribution is 2.35. The van der Waals surface area contributed by atoms with Gasteiger partial charge in [0.1, 0.15) is 0 Å². The van der Waals surface area contributed by atoms with Crippen molar-refractivity contribution in [2.75, 3.05) is 0 Å². The predicted molar refractivity (Wildman–Crippen MR) is 365 cm³/mol. The van der Waals surface area contributed by atoms with Gasteiger partial charge in [-0.05, 0) is 154 Å². The molecule has 12 aromatic rings. The van der Waals surface area contributed by atoms with Crippen LogP contribution in [-0.2, 0) is 5.41 Å². The highest BCUT2D eigenvalue weighted by atomic mass is 32.1. The van der Waals surface area contributed by atoms with Crippen molar-refractivity contribution in [3.8, 4) is 33.4 Å². The van der Waals surface area contributed by atoms with Crippen LogP contribution in [0, 0.1) is 76.2 Å². The molecule has 12 rings (SSSR count). The summed E-state index contributed by atoms with van der Waals surface area (Å²) in [6.07, 6.45) is 0. The summed E-state index contributed by atoms with van der Waals surface area (Å²) in [5.41, 5.74) is 24.3. The first kappa shape index (κ1) is 62.8. The zero-order valence-corrected chi connectivity index (χ0v) is 52.1. The molecule has 0 amide bonds. The Hall–Kier alpha value is -8.36. The molecule has 0 saturated heterocycles. The van der Waals surface area contributed by atoms with E-state index in [2.05, 4.69) is 346 Å². The van der Waals surface area contributed by atoms with E-state index in [4.69, 9.17) is 0 Å². The van der Waals surface area contributed by atoms with Crippen LogP contribution in [-0.4, -0.2) is 0 Å². The molecule has 0 N–H and O–H groups in total. The van der Waals surface area contributed by atoms with Gasteiger partial charge in [-0.15, -0.1) is 11.3 Å². The molecule has 0 spiro atoms. The number of fused-ring (bicyclic) bond motifs is 3. The van der Waals surface area contributed by atoms with Crippen LogP contribution in [0.5, 0.6) is 0 Å². The number of aryl methyl sites for hydroxylation is 10. The van der Waals surface area contributed by atoms with Crippen LogP contribution in [0.3, 0.4) is 0 Å². The van der Waals surface area contributed by atoms with Gasteiger partial charge in [0.15, 0.2) is 0 Å². The lowest BCUT2D eigenvalue weighted by Crippen LogP contribution is -2.10. The van der Waals surface area contributed by atoms with E-state index < -0.39 is 0 Å². The topological polar surface area (TPSA) is 0 Å².